The number of halogens is 1. The second-order valence-corrected chi connectivity index (χ2v) is 11.2. The lowest BCUT2D eigenvalue weighted by Gasteiger charge is -2.37. The predicted molar refractivity (Wildman–Crippen MR) is 153 cm³/mol. The van der Waals surface area contributed by atoms with Gasteiger partial charge in [-0.05, 0) is 90.5 Å². The van der Waals surface area contributed by atoms with Crippen LogP contribution in [-0.4, -0.2) is 15.7 Å². The minimum Gasteiger partial charge on any atom is -0.349 e. The van der Waals surface area contributed by atoms with Gasteiger partial charge in [-0.25, -0.2) is 9.07 Å². The molecule has 1 unspecified atom stereocenters. The zero-order chi connectivity index (χ0) is 26.8. The molecule has 2 aliphatic carbocycles. The third-order valence-corrected chi connectivity index (χ3v) is 8.76. The molecule has 0 saturated heterocycles. The molecule has 4 nitrogen and oxygen atoms in total. The van der Waals surface area contributed by atoms with Crippen LogP contribution in [0.2, 0.25) is 0 Å². The quantitative estimate of drug-likeness (QED) is 0.267. The Kier molecular flexibility index (Phi) is 6.90. The fourth-order valence-electron chi connectivity index (χ4n) is 6.52. The summed E-state index contributed by atoms with van der Waals surface area (Å²) in [6, 6.07) is 27.1. The van der Waals surface area contributed by atoms with Crippen molar-refractivity contribution in [2.75, 3.05) is 0 Å². The lowest BCUT2D eigenvalue weighted by atomic mass is 9.68. The number of benzene rings is 3. The molecule has 1 N–H and O–H groups in total. The highest BCUT2D eigenvalue weighted by Crippen LogP contribution is 2.55. The molecule has 1 amide bonds. The number of allylic oxidation sites excluding steroid dienone is 1. The van der Waals surface area contributed by atoms with E-state index in [1.165, 1.54) is 28.8 Å². The number of hydrogen-bond acceptors (Lipinski definition) is 2. The summed E-state index contributed by atoms with van der Waals surface area (Å²) < 4.78 is 15.4. The van der Waals surface area contributed by atoms with Crippen LogP contribution in [0.15, 0.2) is 96.7 Å². The number of fused-ring (bicyclic) bond motifs is 2. The van der Waals surface area contributed by atoms with Crippen molar-refractivity contribution in [3.8, 4) is 5.69 Å². The third kappa shape index (κ3) is 5.18. The Morgan fingerprint density at radius 1 is 1.05 bits per heavy atom. The molecule has 3 aromatic carbocycles. The molecule has 3 atom stereocenters. The minimum absolute atomic E-state index is 0.0193. The largest absolute Gasteiger partial charge is 0.349 e. The Bertz CT molecular complexity index is 1480. The number of hydrogen-bond donors (Lipinski definition) is 1. The molecule has 0 radical (unpaired) electrons. The fraction of sp³-hybridized carbons (Fsp3) is 0.294. The van der Waals surface area contributed by atoms with Gasteiger partial charge in [0.25, 0.3) is 0 Å². The second kappa shape index (κ2) is 10.6. The van der Waals surface area contributed by atoms with Crippen molar-refractivity contribution in [3.05, 3.63) is 125 Å². The number of aryl methyl sites for hydroxylation is 1. The smallest absolute Gasteiger partial charge is 0.220 e. The minimum atomic E-state index is -0.246. The SMILES string of the molecule is C[C@]12Cc3cnn(-c4ccc(F)cc4)c3C=C1CC[C@@H]2CC(NC(=O)CCc1ccccc1)c1ccccc1. The van der Waals surface area contributed by atoms with E-state index < -0.39 is 0 Å². The van der Waals surface area contributed by atoms with E-state index in [1.54, 1.807) is 12.1 Å². The number of carbonyl (C=O) groups is 1. The normalized spacial score (nSPS) is 20.6. The van der Waals surface area contributed by atoms with E-state index in [9.17, 15) is 9.18 Å². The van der Waals surface area contributed by atoms with Gasteiger partial charge in [0, 0.05) is 6.42 Å². The molecule has 0 aliphatic heterocycles. The Labute approximate surface area is 229 Å². The Morgan fingerprint density at radius 3 is 2.51 bits per heavy atom. The van der Waals surface area contributed by atoms with E-state index in [0.29, 0.717) is 12.3 Å². The average Bonchev–Trinajstić information content (AvgIpc) is 3.51. The Balaban J connectivity index is 1.21. The molecule has 0 spiro atoms. The summed E-state index contributed by atoms with van der Waals surface area (Å²) in [6.45, 7) is 2.38. The van der Waals surface area contributed by atoms with Gasteiger partial charge in [-0.3, -0.25) is 4.79 Å². The monoisotopic (exact) mass is 519 g/mol. The van der Waals surface area contributed by atoms with Gasteiger partial charge in [0.15, 0.2) is 0 Å². The van der Waals surface area contributed by atoms with E-state index in [4.69, 9.17) is 0 Å². The van der Waals surface area contributed by atoms with Crippen LogP contribution in [0.25, 0.3) is 11.8 Å². The summed E-state index contributed by atoms with van der Waals surface area (Å²) in [5, 5.41) is 8.05. The first kappa shape index (κ1) is 25.3. The van der Waals surface area contributed by atoms with Crippen LogP contribution in [0, 0.1) is 17.2 Å². The lowest BCUT2D eigenvalue weighted by Crippen LogP contribution is -2.35. The van der Waals surface area contributed by atoms with Crippen LogP contribution in [0.4, 0.5) is 4.39 Å². The number of carbonyl (C=O) groups excluding carboxylic acids is 1. The highest BCUT2D eigenvalue weighted by molar-refractivity contribution is 5.76. The maximum atomic E-state index is 13.5. The van der Waals surface area contributed by atoms with E-state index in [2.05, 4.69) is 59.8 Å². The van der Waals surface area contributed by atoms with Gasteiger partial charge in [-0.1, -0.05) is 73.2 Å². The van der Waals surface area contributed by atoms with Crippen molar-refractivity contribution in [2.24, 2.45) is 11.3 Å². The topological polar surface area (TPSA) is 46.9 Å². The first-order chi connectivity index (χ1) is 19.0. The molecule has 4 aromatic rings. The molecule has 1 saturated carbocycles. The highest BCUT2D eigenvalue weighted by Gasteiger charge is 2.46. The van der Waals surface area contributed by atoms with E-state index >= 15 is 0 Å². The molecule has 1 aromatic heterocycles. The van der Waals surface area contributed by atoms with Gasteiger partial charge in [0.1, 0.15) is 5.82 Å². The van der Waals surface area contributed by atoms with Crippen LogP contribution >= 0.6 is 0 Å². The van der Waals surface area contributed by atoms with Gasteiger partial charge < -0.3 is 5.32 Å². The molecule has 1 fully saturated rings. The number of rotatable bonds is 8. The van der Waals surface area contributed by atoms with E-state index in [-0.39, 0.29) is 23.2 Å². The third-order valence-electron chi connectivity index (χ3n) is 8.76. The molecule has 39 heavy (non-hydrogen) atoms. The van der Waals surface area contributed by atoms with Crippen LogP contribution < -0.4 is 5.32 Å². The Morgan fingerprint density at radius 2 is 1.77 bits per heavy atom. The summed E-state index contributed by atoms with van der Waals surface area (Å²) in [7, 11) is 0. The molecule has 5 heteroatoms. The van der Waals surface area contributed by atoms with Crippen molar-refractivity contribution >= 4 is 12.0 Å². The van der Waals surface area contributed by atoms with Crippen molar-refractivity contribution in [1.29, 1.82) is 0 Å². The van der Waals surface area contributed by atoms with Crippen LogP contribution in [0.1, 0.15) is 61.0 Å². The maximum absolute atomic E-state index is 13.5. The molecule has 6 rings (SSSR count). The standard InChI is InChI=1S/C34H34FN3O/c1-34-22-26-23-36-38(30-17-15-29(35)16-18-30)32(26)21-28(34)14-13-27(34)20-31(25-10-6-3-7-11-25)37-33(39)19-12-24-8-4-2-5-9-24/h2-11,15-18,21,23,27,31H,12-14,19-20,22H2,1H3,(H,37,39)/t27-,31?,34-/m1/s1. The highest BCUT2D eigenvalue weighted by atomic mass is 19.1. The molecular formula is C34H34FN3O. The van der Waals surface area contributed by atoms with Crippen LogP contribution in [-0.2, 0) is 17.6 Å². The lowest BCUT2D eigenvalue weighted by molar-refractivity contribution is -0.122. The van der Waals surface area contributed by atoms with Crippen molar-refractivity contribution < 1.29 is 9.18 Å². The summed E-state index contributed by atoms with van der Waals surface area (Å²) in [6.07, 6.45) is 9.45. The van der Waals surface area contributed by atoms with Crippen molar-refractivity contribution in [2.45, 2.75) is 51.5 Å². The molecule has 198 valence electrons. The van der Waals surface area contributed by atoms with Crippen molar-refractivity contribution in [3.63, 3.8) is 0 Å². The average molecular weight is 520 g/mol. The van der Waals surface area contributed by atoms with Gasteiger partial charge >= 0.3 is 0 Å². The number of nitrogens with zero attached hydrogens (tertiary/aromatic N) is 2. The van der Waals surface area contributed by atoms with E-state index in [1.807, 2.05) is 35.1 Å². The van der Waals surface area contributed by atoms with Gasteiger partial charge in [-0.2, -0.15) is 5.10 Å². The van der Waals surface area contributed by atoms with Crippen molar-refractivity contribution in [1.82, 2.24) is 15.1 Å². The van der Waals surface area contributed by atoms with Gasteiger partial charge in [-0.15, -0.1) is 0 Å². The Hall–Kier alpha value is -3.99. The molecule has 2 aliphatic rings. The summed E-state index contributed by atoms with van der Waals surface area (Å²) in [5.41, 5.74) is 7.00. The molecule has 1 heterocycles. The number of amides is 1. The summed E-state index contributed by atoms with van der Waals surface area (Å²) >= 11 is 0. The number of nitrogens with one attached hydrogen (secondary N) is 1. The zero-order valence-electron chi connectivity index (χ0n) is 22.3. The van der Waals surface area contributed by atoms with Crippen LogP contribution in [0.5, 0.6) is 0 Å². The first-order valence-electron chi connectivity index (χ1n) is 13.9. The number of aromatic nitrogens is 2. The van der Waals surface area contributed by atoms with Crippen LogP contribution in [0.3, 0.4) is 0 Å². The fourth-order valence-corrected chi connectivity index (χ4v) is 6.52. The summed E-state index contributed by atoms with van der Waals surface area (Å²) in [4.78, 5) is 13.1. The zero-order valence-corrected chi connectivity index (χ0v) is 22.3. The first-order valence-corrected chi connectivity index (χ1v) is 13.9. The predicted octanol–water partition coefficient (Wildman–Crippen LogP) is 7.25. The maximum Gasteiger partial charge on any atom is 0.220 e. The second-order valence-electron chi connectivity index (χ2n) is 11.2. The van der Waals surface area contributed by atoms with E-state index in [0.717, 1.165) is 49.0 Å². The van der Waals surface area contributed by atoms with Gasteiger partial charge in [0.2, 0.25) is 5.91 Å². The molecular weight excluding hydrogens is 485 g/mol. The summed E-state index contributed by atoms with van der Waals surface area (Å²) in [5.74, 6) is 0.285. The van der Waals surface area contributed by atoms with Gasteiger partial charge in [0.05, 0.1) is 23.6 Å². The molecule has 0 bridgehead atoms.